The molecule has 1 aromatic heterocycles. The van der Waals surface area contributed by atoms with Crippen LogP contribution in [0.4, 0.5) is 0 Å². The number of rotatable bonds is 4. The third-order valence-corrected chi connectivity index (χ3v) is 3.93. The van der Waals surface area contributed by atoms with Crippen molar-refractivity contribution in [1.82, 2.24) is 10.3 Å². The predicted molar refractivity (Wildman–Crippen MR) is 89.6 cm³/mol. The van der Waals surface area contributed by atoms with Crippen molar-refractivity contribution in [2.24, 2.45) is 0 Å². The Morgan fingerprint density at radius 2 is 1.76 bits per heavy atom. The van der Waals surface area contributed by atoms with Gasteiger partial charge in [-0.1, -0.05) is 45.0 Å². The Balaban J connectivity index is 2.15. The van der Waals surface area contributed by atoms with E-state index in [1.54, 1.807) is 0 Å². The summed E-state index contributed by atoms with van der Waals surface area (Å²) < 4.78 is 0. The lowest BCUT2D eigenvalue weighted by Crippen LogP contribution is -2.19. The molecule has 0 bridgehead atoms. The zero-order valence-corrected chi connectivity index (χ0v) is 13.8. The highest BCUT2D eigenvalue weighted by molar-refractivity contribution is 5.29. The lowest BCUT2D eigenvalue weighted by atomic mass is 9.86. The van der Waals surface area contributed by atoms with E-state index >= 15 is 0 Å². The lowest BCUT2D eigenvalue weighted by Gasteiger charge is -2.21. The third kappa shape index (κ3) is 4.15. The number of nitrogens with zero attached hydrogens (tertiary/aromatic N) is 1. The fourth-order valence-electron chi connectivity index (χ4n) is 2.55. The van der Waals surface area contributed by atoms with Crippen LogP contribution in [0.25, 0.3) is 0 Å². The van der Waals surface area contributed by atoms with Crippen LogP contribution in [-0.4, -0.2) is 12.0 Å². The molecule has 2 rings (SSSR count). The van der Waals surface area contributed by atoms with E-state index in [4.69, 9.17) is 0 Å². The Morgan fingerprint density at radius 3 is 2.29 bits per heavy atom. The van der Waals surface area contributed by atoms with E-state index < -0.39 is 0 Å². The van der Waals surface area contributed by atoms with Crippen molar-refractivity contribution in [3.05, 3.63) is 65.0 Å². The van der Waals surface area contributed by atoms with Crippen LogP contribution >= 0.6 is 0 Å². The van der Waals surface area contributed by atoms with Crippen molar-refractivity contribution >= 4 is 0 Å². The van der Waals surface area contributed by atoms with Gasteiger partial charge in [0.05, 0.1) is 0 Å². The highest BCUT2D eigenvalue weighted by atomic mass is 14.9. The van der Waals surface area contributed by atoms with Crippen LogP contribution in [0.5, 0.6) is 0 Å². The van der Waals surface area contributed by atoms with Crippen molar-refractivity contribution in [3.8, 4) is 0 Å². The van der Waals surface area contributed by atoms with Gasteiger partial charge in [-0.3, -0.25) is 4.98 Å². The molecule has 112 valence electrons. The van der Waals surface area contributed by atoms with Gasteiger partial charge >= 0.3 is 0 Å². The molecule has 21 heavy (non-hydrogen) atoms. The smallest absolute Gasteiger partial charge is 0.0375 e. The Kier molecular flexibility index (Phi) is 4.79. The molecule has 2 nitrogen and oxygen atoms in total. The third-order valence-electron chi connectivity index (χ3n) is 3.93. The second-order valence-corrected chi connectivity index (χ2v) is 6.72. The highest BCUT2D eigenvalue weighted by Gasteiger charge is 2.14. The first-order valence-corrected chi connectivity index (χ1v) is 7.59. The fraction of sp³-hybridized carbons (Fsp3) is 0.421. The second kappa shape index (κ2) is 6.40. The summed E-state index contributed by atoms with van der Waals surface area (Å²) >= 11 is 0. The summed E-state index contributed by atoms with van der Waals surface area (Å²) in [6, 6.07) is 13.6. The average molecular weight is 282 g/mol. The van der Waals surface area contributed by atoms with Crippen LogP contribution in [0.1, 0.15) is 49.2 Å². The number of nitrogens with one attached hydrogen (secondary N) is 1. The van der Waals surface area contributed by atoms with Crippen LogP contribution in [-0.2, 0) is 11.8 Å². The molecule has 0 aliphatic carbocycles. The molecule has 1 unspecified atom stereocenters. The summed E-state index contributed by atoms with van der Waals surface area (Å²) in [6.07, 6.45) is 2.88. The minimum atomic E-state index is 0.211. The molecule has 1 heterocycles. The molecule has 0 aliphatic heterocycles. The number of hydrogen-bond donors (Lipinski definition) is 1. The van der Waals surface area contributed by atoms with Gasteiger partial charge in [0.1, 0.15) is 0 Å². The molecule has 0 amide bonds. The Morgan fingerprint density at radius 1 is 1.10 bits per heavy atom. The number of pyridine rings is 1. The summed E-state index contributed by atoms with van der Waals surface area (Å²) in [7, 11) is 2.02. The van der Waals surface area contributed by atoms with Gasteiger partial charge in [-0.25, -0.2) is 0 Å². The summed E-state index contributed by atoms with van der Waals surface area (Å²) in [4.78, 5) is 4.27. The summed E-state index contributed by atoms with van der Waals surface area (Å²) in [5.41, 5.74) is 5.31. The molecule has 1 atom stereocenters. The van der Waals surface area contributed by atoms with Crippen LogP contribution in [0, 0.1) is 6.92 Å². The van der Waals surface area contributed by atoms with Crippen molar-refractivity contribution < 1.29 is 0 Å². The van der Waals surface area contributed by atoms with Crippen LogP contribution < -0.4 is 5.32 Å². The topological polar surface area (TPSA) is 24.9 Å². The van der Waals surface area contributed by atoms with Gasteiger partial charge in [0.15, 0.2) is 0 Å². The predicted octanol–water partition coefficient (Wildman–Crippen LogP) is 4.19. The molecule has 0 radical (unpaired) electrons. The average Bonchev–Trinajstić information content (AvgIpc) is 2.44. The minimum absolute atomic E-state index is 0.211. The normalized spacial score (nSPS) is 13.2. The van der Waals surface area contributed by atoms with E-state index in [1.807, 2.05) is 20.2 Å². The maximum Gasteiger partial charge on any atom is 0.0375 e. The lowest BCUT2D eigenvalue weighted by molar-refractivity contribution is 0.583. The van der Waals surface area contributed by atoms with Crippen molar-refractivity contribution in [2.45, 2.75) is 45.6 Å². The van der Waals surface area contributed by atoms with E-state index in [1.165, 1.54) is 16.7 Å². The van der Waals surface area contributed by atoms with Crippen molar-refractivity contribution in [2.75, 3.05) is 7.05 Å². The Labute approximate surface area is 128 Å². The number of benzene rings is 1. The second-order valence-electron chi connectivity index (χ2n) is 6.72. The zero-order valence-electron chi connectivity index (χ0n) is 13.8. The quantitative estimate of drug-likeness (QED) is 0.909. The van der Waals surface area contributed by atoms with Gasteiger partial charge in [-0.2, -0.15) is 0 Å². The molecule has 0 saturated carbocycles. The van der Waals surface area contributed by atoms with Crippen molar-refractivity contribution in [1.29, 1.82) is 0 Å². The number of aromatic nitrogens is 1. The first-order valence-electron chi connectivity index (χ1n) is 7.59. The minimum Gasteiger partial charge on any atom is -0.313 e. The maximum atomic E-state index is 4.27. The van der Waals surface area contributed by atoms with Gasteiger partial charge in [0, 0.05) is 17.9 Å². The number of hydrogen-bond acceptors (Lipinski definition) is 2. The molecule has 0 aliphatic rings. The highest BCUT2D eigenvalue weighted by Crippen LogP contribution is 2.24. The number of aryl methyl sites for hydroxylation is 1. The first-order chi connectivity index (χ1) is 9.90. The molecular weight excluding hydrogens is 256 g/mol. The van der Waals surface area contributed by atoms with Crippen LogP contribution in [0.15, 0.2) is 42.6 Å². The van der Waals surface area contributed by atoms with Gasteiger partial charge in [0.2, 0.25) is 0 Å². The van der Waals surface area contributed by atoms with E-state index in [0.717, 1.165) is 12.1 Å². The largest absolute Gasteiger partial charge is 0.313 e. The zero-order chi connectivity index (χ0) is 15.5. The van der Waals surface area contributed by atoms with E-state index in [2.05, 4.69) is 67.5 Å². The molecule has 2 heteroatoms. The molecule has 1 aromatic carbocycles. The Bertz CT molecular complexity index is 579. The summed E-state index contributed by atoms with van der Waals surface area (Å²) in [5.74, 6) is 0. The number of likely N-dealkylation sites (N-methyl/N-ethyl adjacent to an activating group) is 1. The van der Waals surface area contributed by atoms with Crippen LogP contribution in [0.3, 0.4) is 0 Å². The van der Waals surface area contributed by atoms with Gasteiger partial charge in [-0.05, 0) is 54.6 Å². The molecule has 2 aromatic rings. The van der Waals surface area contributed by atoms with E-state index in [-0.39, 0.29) is 5.41 Å². The maximum absolute atomic E-state index is 4.27. The van der Waals surface area contributed by atoms with Crippen molar-refractivity contribution in [3.63, 3.8) is 0 Å². The molecule has 1 N–H and O–H groups in total. The summed E-state index contributed by atoms with van der Waals surface area (Å²) in [5, 5.41) is 3.41. The molecule has 0 fully saturated rings. The van der Waals surface area contributed by atoms with Crippen LogP contribution in [0.2, 0.25) is 0 Å². The molecule has 0 saturated heterocycles. The fourth-order valence-corrected chi connectivity index (χ4v) is 2.55. The SMILES string of the molecule is CNC(Cc1ccc(C(C)(C)C)cc1)c1ccnc(C)c1. The first kappa shape index (κ1) is 15.7. The standard InChI is InChI=1S/C19H26N2/c1-14-12-16(10-11-21-14)18(20-5)13-15-6-8-17(9-7-15)19(2,3)4/h6-12,18,20H,13H2,1-5H3. The van der Waals surface area contributed by atoms with E-state index in [0.29, 0.717) is 6.04 Å². The monoisotopic (exact) mass is 282 g/mol. The van der Waals surface area contributed by atoms with Gasteiger partial charge in [0.25, 0.3) is 0 Å². The van der Waals surface area contributed by atoms with E-state index in [9.17, 15) is 0 Å². The van der Waals surface area contributed by atoms with Gasteiger partial charge in [-0.15, -0.1) is 0 Å². The summed E-state index contributed by atoms with van der Waals surface area (Å²) in [6.45, 7) is 8.78. The molecular formula is C19H26N2. The Hall–Kier alpha value is -1.67. The molecule has 0 spiro atoms. The van der Waals surface area contributed by atoms with Gasteiger partial charge < -0.3 is 5.32 Å².